The largest absolute Gasteiger partial charge is 0.483 e. The van der Waals surface area contributed by atoms with E-state index in [0.29, 0.717) is 24.7 Å². The third-order valence-corrected chi connectivity index (χ3v) is 11.1. The number of amides is 1. The number of fused-ring (bicyclic) bond motifs is 1. The maximum absolute atomic E-state index is 13.1. The molecule has 2 aliphatic rings. The number of carbonyl (C=O) groups is 1. The lowest BCUT2D eigenvalue weighted by Crippen LogP contribution is -2.51. The molecular weight excluding hydrogens is 416 g/mol. The lowest BCUT2D eigenvalue weighted by atomic mass is 9.97. The van der Waals surface area contributed by atoms with Gasteiger partial charge in [0, 0.05) is 36.8 Å². The van der Waals surface area contributed by atoms with Crippen LogP contribution >= 0.6 is 11.6 Å². The predicted molar refractivity (Wildman–Crippen MR) is 125 cm³/mol. The van der Waals surface area contributed by atoms with Gasteiger partial charge in [0.2, 0.25) is 5.91 Å². The maximum atomic E-state index is 13.1. The Bertz CT molecular complexity index is 845. The second-order valence-electron chi connectivity index (χ2n) is 10.3. The van der Waals surface area contributed by atoms with Crippen molar-refractivity contribution in [3.8, 4) is 5.75 Å². The minimum absolute atomic E-state index is 0.100. The zero-order valence-corrected chi connectivity index (χ0v) is 21.1. The molecule has 0 N–H and O–H groups in total. The molecule has 3 rings (SSSR count). The average Bonchev–Trinajstić information content (AvgIpc) is 2.60. The van der Waals surface area contributed by atoms with Gasteiger partial charge in [-0.25, -0.2) is 0 Å². The topological polar surface area (TPSA) is 42.0 Å². The summed E-state index contributed by atoms with van der Waals surface area (Å²) in [4.78, 5) is 17.1. The van der Waals surface area contributed by atoms with Gasteiger partial charge in [0.25, 0.3) is 0 Å². The second kappa shape index (κ2) is 8.30. The molecule has 0 aromatic heterocycles. The standard InChI is InChI=1S/C23H35ClN2O3Si/c1-22(2,3)30(6,7)28-13-12-25-10-11-26(21(27)16-25)19-15-23(4,5)29-20-9-8-17(24)14-18(19)20/h8-9,14-15H,10-13,16H2,1-7H3. The van der Waals surface area contributed by atoms with Crippen LogP contribution in [0, 0.1) is 0 Å². The van der Waals surface area contributed by atoms with Crippen LogP contribution in [-0.2, 0) is 9.22 Å². The van der Waals surface area contributed by atoms with E-state index in [1.54, 1.807) is 0 Å². The van der Waals surface area contributed by atoms with Crippen molar-refractivity contribution in [1.29, 1.82) is 0 Å². The van der Waals surface area contributed by atoms with Crippen LogP contribution in [0.2, 0.25) is 23.2 Å². The van der Waals surface area contributed by atoms with Crippen LogP contribution in [0.4, 0.5) is 0 Å². The number of hydrogen-bond acceptors (Lipinski definition) is 4. The fourth-order valence-corrected chi connectivity index (χ4v) is 4.76. The Kier molecular flexibility index (Phi) is 6.45. The van der Waals surface area contributed by atoms with Crippen molar-refractivity contribution in [1.82, 2.24) is 9.80 Å². The molecular formula is C23H35ClN2O3Si. The summed E-state index contributed by atoms with van der Waals surface area (Å²) in [6.07, 6.45) is 2.03. The van der Waals surface area contributed by atoms with Crippen LogP contribution in [0.3, 0.4) is 0 Å². The highest BCUT2D eigenvalue weighted by Crippen LogP contribution is 2.40. The summed E-state index contributed by atoms with van der Waals surface area (Å²) in [7, 11) is -1.77. The van der Waals surface area contributed by atoms with Crippen molar-refractivity contribution >= 4 is 31.5 Å². The first-order chi connectivity index (χ1) is 13.8. The number of nitrogens with zero attached hydrogens (tertiary/aromatic N) is 2. The Balaban J connectivity index is 1.67. The Morgan fingerprint density at radius 2 is 1.93 bits per heavy atom. The Morgan fingerprint density at radius 1 is 1.23 bits per heavy atom. The van der Waals surface area contributed by atoms with Gasteiger partial charge in [0.1, 0.15) is 11.4 Å². The van der Waals surface area contributed by atoms with Crippen molar-refractivity contribution in [3.63, 3.8) is 0 Å². The van der Waals surface area contributed by atoms with Gasteiger partial charge >= 0.3 is 0 Å². The SMILES string of the molecule is CC1(C)C=C(N2CCN(CCO[Si](C)(C)C(C)(C)C)CC2=O)c2cc(Cl)ccc2O1. The summed E-state index contributed by atoms with van der Waals surface area (Å²) in [5, 5.41) is 0.829. The molecule has 0 spiro atoms. The Labute approximate surface area is 187 Å². The first-order valence-corrected chi connectivity index (χ1v) is 14.0. The number of piperazine rings is 1. The van der Waals surface area contributed by atoms with Gasteiger partial charge in [-0.1, -0.05) is 32.4 Å². The van der Waals surface area contributed by atoms with Crippen molar-refractivity contribution < 1.29 is 14.0 Å². The molecule has 0 unspecified atom stereocenters. The van der Waals surface area contributed by atoms with Gasteiger partial charge in [0.15, 0.2) is 8.32 Å². The number of rotatable bonds is 5. The molecule has 7 heteroatoms. The third-order valence-electron chi connectivity index (χ3n) is 6.34. The van der Waals surface area contributed by atoms with Crippen LogP contribution in [-0.4, -0.2) is 62.4 Å². The van der Waals surface area contributed by atoms with E-state index < -0.39 is 13.9 Å². The summed E-state index contributed by atoms with van der Waals surface area (Å²) in [5.74, 6) is 0.864. The lowest BCUT2D eigenvalue weighted by molar-refractivity contribution is -0.132. The van der Waals surface area contributed by atoms with Gasteiger partial charge in [-0.3, -0.25) is 9.69 Å². The van der Waals surface area contributed by atoms with Gasteiger partial charge in [-0.05, 0) is 56.3 Å². The first kappa shape index (κ1) is 23.3. The van der Waals surface area contributed by atoms with Gasteiger partial charge in [-0.15, -0.1) is 0 Å². The van der Waals surface area contributed by atoms with E-state index in [0.717, 1.165) is 30.1 Å². The molecule has 0 radical (unpaired) electrons. The molecule has 0 atom stereocenters. The predicted octanol–water partition coefficient (Wildman–Crippen LogP) is 5.02. The second-order valence-corrected chi connectivity index (χ2v) is 15.6. The van der Waals surface area contributed by atoms with E-state index in [1.807, 2.05) is 43.0 Å². The zero-order chi connectivity index (χ0) is 22.3. The highest BCUT2D eigenvalue weighted by atomic mass is 35.5. The zero-order valence-electron chi connectivity index (χ0n) is 19.3. The monoisotopic (exact) mass is 450 g/mol. The molecule has 166 valence electrons. The lowest BCUT2D eigenvalue weighted by Gasteiger charge is -2.40. The first-order valence-electron chi connectivity index (χ1n) is 10.7. The molecule has 0 bridgehead atoms. The van der Waals surface area contributed by atoms with Crippen LogP contribution < -0.4 is 4.74 Å². The van der Waals surface area contributed by atoms with Crippen LogP contribution in [0.15, 0.2) is 24.3 Å². The van der Waals surface area contributed by atoms with E-state index in [4.69, 9.17) is 20.8 Å². The molecule has 1 fully saturated rings. The minimum atomic E-state index is -1.77. The molecule has 5 nitrogen and oxygen atoms in total. The van der Waals surface area contributed by atoms with Crippen molar-refractivity contribution in [2.45, 2.75) is 58.4 Å². The van der Waals surface area contributed by atoms with Gasteiger partial charge in [-0.2, -0.15) is 0 Å². The molecule has 2 aliphatic heterocycles. The molecule has 1 saturated heterocycles. The Hall–Kier alpha value is -1.34. The molecule has 1 aromatic carbocycles. The summed E-state index contributed by atoms with van der Waals surface area (Å²) in [5.41, 5.74) is 1.29. The fraction of sp³-hybridized carbons (Fsp3) is 0.609. The Morgan fingerprint density at radius 3 is 2.57 bits per heavy atom. The van der Waals surface area contributed by atoms with Crippen LogP contribution in [0.25, 0.3) is 5.70 Å². The van der Waals surface area contributed by atoms with E-state index in [2.05, 4.69) is 38.8 Å². The van der Waals surface area contributed by atoms with Gasteiger partial charge < -0.3 is 14.1 Å². The normalized spacial score (nSPS) is 19.9. The fourth-order valence-electron chi connectivity index (χ4n) is 3.55. The summed E-state index contributed by atoms with van der Waals surface area (Å²) < 4.78 is 12.4. The molecule has 30 heavy (non-hydrogen) atoms. The summed E-state index contributed by atoms with van der Waals surface area (Å²) in [6, 6.07) is 5.58. The van der Waals surface area contributed by atoms with Crippen molar-refractivity contribution in [2.75, 3.05) is 32.8 Å². The number of halogens is 1. The smallest absolute Gasteiger partial charge is 0.241 e. The van der Waals surface area contributed by atoms with Crippen LogP contribution in [0.5, 0.6) is 5.75 Å². The van der Waals surface area contributed by atoms with Gasteiger partial charge in [0.05, 0.1) is 12.2 Å². The molecule has 2 heterocycles. The quantitative estimate of drug-likeness (QED) is 0.591. The van der Waals surface area contributed by atoms with Crippen LogP contribution in [0.1, 0.15) is 40.2 Å². The van der Waals surface area contributed by atoms with Crippen molar-refractivity contribution in [2.24, 2.45) is 0 Å². The van der Waals surface area contributed by atoms with E-state index in [9.17, 15) is 4.79 Å². The number of ether oxygens (including phenoxy) is 1. The third kappa shape index (κ3) is 5.10. The average molecular weight is 451 g/mol. The summed E-state index contributed by atoms with van der Waals surface area (Å²) in [6.45, 7) is 18.6. The number of carbonyl (C=O) groups excluding carboxylic acids is 1. The maximum Gasteiger partial charge on any atom is 0.241 e. The van der Waals surface area contributed by atoms with E-state index in [1.165, 1.54) is 0 Å². The molecule has 1 aromatic rings. The highest BCUT2D eigenvalue weighted by molar-refractivity contribution is 6.74. The molecule has 0 saturated carbocycles. The highest BCUT2D eigenvalue weighted by Gasteiger charge is 2.38. The van der Waals surface area contributed by atoms with Crippen molar-refractivity contribution in [3.05, 3.63) is 34.9 Å². The minimum Gasteiger partial charge on any atom is -0.483 e. The number of hydrogen-bond donors (Lipinski definition) is 0. The van der Waals surface area contributed by atoms with E-state index >= 15 is 0 Å². The summed E-state index contributed by atoms with van der Waals surface area (Å²) >= 11 is 6.23. The van der Waals surface area contributed by atoms with E-state index in [-0.39, 0.29) is 10.9 Å². The molecule has 0 aliphatic carbocycles. The molecule has 1 amide bonds. The number of benzene rings is 1.